The van der Waals surface area contributed by atoms with Crippen molar-refractivity contribution < 1.29 is 4.79 Å². The molecule has 0 aromatic carbocycles. The number of nitrogens with zero attached hydrogens (tertiary/aromatic N) is 2. The number of pyridine rings is 1. The molecule has 2 heterocycles. The molecule has 4 nitrogen and oxygen atoms in total. The number of nitrogens with one attached hydrogen (secondary N) is 1. The molecule has 5 fully saturated rings. The summed E-state index contributed by atoms with van der Waals surface area (Å²) in [6.07, 6.45) is 13.4. The Hall–Kier alpha value is -1.58. The minimum Gasteiger partial charge on any atom is -0.357 e. The summed E-state index contributed by atoms with van der Waals surface area (Å²) < 4.78 is 0. The number of aromatic nitrogens is 1. The van der Waals surface area contributed by atoms with Gasteiger partial charge >= 0.3 is 0 Å². The molecule has 4 bridgehead atoms. The summed E-state index contributed by atoms with van der Waals surface area (Å²) >= 11 is 0. The van der Waals surface area contributed by atoms with Crippen LogP contribution in [0.1, 0.15) is 68.1 Å². The molecule has 0 spiro atoms. The highest BCUT2D eigenvalue weighted by molar-refractivity contribution is 5.94. The average Bonchev–Trinajstić information content (AvgIpc) is 2.61. The molecule has 1 N–H and O–H groups in total. The fraction of sp³-hybridized carbons (Fsp3) is 0.714. The molecule has 134 valence electrons. The SMILES string of the molecule is O=C(NC12CC3CC(CC(C3)C1)C2)c1ccc(N2CCCCC2)nc1. The predicted octanol–water partition coefficient (Wildman–Crippen LogP) is 3.77. The van der Waals surface area contributed by atoms with Gasteiger partial charge in [0.25, 0.3) is 5.91 Å². The minimum absolute atomic E-state index is 0.0807. The molecule has 1 aromatic heterocycles. The van der Waals surface area contributed by atoms with E-state index in [1.54, 1.807) is 6.20 Å². The maximum absolute atomic E-state index is 12.9. The second-order valence-corrected chi connectivity index (χ2v) is 9.10. The maximum Gasteiger partial charge on any atom is 0.253 e. The second kappa shape index (κ2) is 6.00. The van der Waals surface area contributed by atoms with Crippen LogP contribution in [0.15, 0.2) is 18.3 Å². The van der Waals surface area contributed by atoms with E-state index < -0.39 is 0 Å². The number of anilines is 1. The zero-order valence-electron chi connectivity index (χ0n) is 15.0. The van der Waals surface area contributed by atoms with Crippen molar-refractivity contribution in [1.29, 1.82) is 0 Å². The van der Waals surface area contributed by atoms with Gasteiger partial charge in [0.05, 0.1) is 5.56 Å². The molecular weight excluding hydrogens is 310 g/mol. The van der Waals surface area contributed by atoms with Gasteiger partial charge in [-0.3, -0.25) is 4.79 Å². The average molecular weight is 339 g/mol. The van der Waals surface area contributed by atoms with E-state index in [4.69, 9.17) is 0 Å². The Morgan fingerprint density at radius 1 is 1.00 bits per heavy atom. The predicted molar refractivity (Wildman–Crippen MR) is 98.7 cm³/mol. The maximum atomic E-state index is 12.9. The molecule has 5 aliphatic rings. The summed E-state index contributed by atoms with van der Waals surface area (Å²) in [5.74, 6) is 3.66. The summed E-state index contributed by atoms with van der Waals surface area (Å²) in [4.78, 5) is 19.8. The first kappa shape index (κ1) is 15.7. The number of amides is 1. The zero-order valence-corrected chi connectivity index (χ0v) is 15.0. The van der Waals surface area contributed by atoms with Crippen LogP contribution in [0, 0.1) is 17.8 Å². The van der Waals surface area contributed by atoms with Crippen molar-refractivity contribution in [2.24, 2.45) is 17.8 Å². The first-order valence-electron chi connectivity index (χ1n) is 10.2. The summed E-state index contributed by atoms with van der Waals surface area (Å²) in [5.41, 5.74) is 0.800. The Bertz CT molecular complexity index is 612. The summed E-state index contributed by atoms with van der Waals surface area (Å²) in [7, 11) is 0. The Morgan fingerprint density at radius 2 is 1.64 bits per heavy atom. The van der Waals surface area contributed by atoms with E-state index in [1.165, 1.54) is 57.8 Å². The van der Waals surface area contributed by atoms with Crippen LogP contribution in [0.2, 0.25) is 0 Å². The lowest BCUT2D eigenvalue weighted by atomic mass is 9.53. The first-order chi connectivity index (χ1) is 12.2. The molecule has 0 radical (unpaired) electrons. The lowest BCUT2D eigenvalue weighted by Crippen LogP contribution is -2.59. The molecule has 1 aromatic rings. The van der Waals surface area contributed by atoms with E-state index in [-0.39, 0.29) is 11.4 Å². The fourth-order valence-electron chi connectivity index (χ4n) is 6.41. The third kappa shape index (κ3) is 2.94. The number of carbonyl (C=O) groups excluding carboxylic acids is 1. The molecule has 6 rings (SSSR count). The largest absolute Gasteiger partial charge is 0.357 e. The summed E-state index contributed by atoms with van der Waals surface area (Å²) in [6.45, 7) is 2.18. The smallest absolute Gasteiger partial charge is 0.253 e. The van der Waals surface area contributed by atoms with E-state index in [2.05, 4.69) is 15.2 Å². The molecule has 4 heteroatoms. The van der Waals surface area contributed by atoms with E-state index in [0.29, 0.717) is 0 Å². The van der Waals surface area contributed by atoms with Gasteiger partial charge in [0.1, 0.15) is 5.82 Å². The van der Waals surface area contributed by atoms with Gasteiger partial charge in [-0.2, -0.15) is 0 Å². The quantitative estimate of drug-likeness (QED) is 0.912. The monoisotopic (exact) mass is 339 g/mol. The number of piperidine rings is 1. The van der Waals surface area contributed by atoms with Crippen LogP contribution < -0.4 is 10.2 Å². The van der Waals surface area contributed by atoms with E-state index >= 15 is 0 Å². The normalized spacial score (nSPS) is 36.5. The van der Waals surface area contributed by atoms with Gasteiger partial charge in [-0.15, -0.1) is 0 Å². The molecule has 1 amide bonds. The Labute approximate surface area is 150 Å². The summed E-state index contributed by atoms with van der Waals surface area (Å²) in [6, 6.07) is 3.99. The van der Waals surface area contributed by atoms with Crippen LogP contribution in [0.4, 0.5) is 5.82 Å². The molecule has 4 aliphatic carbocycles. The lowest BCUT2D eigenvalue weighted by molar-refractivity contribution is -0.0167. The standard InChI is InChI=1S/C21H29N3O/c25-20(18-4-5-19(22-14-18)24-6-2-1-3-7-24)23-21-11-15-8-16(12-21)10-17(9-15)13-21/h4-5,14-17H,1-3,6-13H2,(H,23,25). The van der Waals surface area contributed by atoms with Crippen molar-refractivity contribution in [2.45, 2.75) is 63.3 Å². The first-order valence-corrected chi connectivity index (χ1v) is 10.2. The van der Waals surface area contributed by atoms with Crippen molar-refractivity contribution in [2.75, 3.05) is 18.0 Å². The third-order valence-corrected chi connectivity index (χ3v) is 7.11. The van der Waals surface area contributed by atoms with Crippen molar-refractivity contribution in [3.63, 3.8) is 0 Å². The van der Waals surface area contributed by atoms with Gasteiger partial charge in [-0.25, -0.2) is 4.98 Å². The highest BCUT2D eigenvalue weighted by Gasteiger charge is 2.51. The van der Waals surface area contributed by atoms with Gasteiger partial charge in [0, 0.05) is 24.8 Å². The lowest BCUT2D eigenvalue weighted by Gasteiger charge is -2.56. The molecular formula is C21H29N3O. The Kier molecular flexibility index (Phi) is 3.76. The topological polar surface area (TPSA) is 45.2 Å². The van der Waals surface area contributed by atoms with Gasteiger partial charge in [-0.1, -0.05) is 0 Å². The highest BCUT2D eigenvalue weighted by Crippen LogP contribution is 2.55. The highest BCUT2D eigenvalue weighted by atomic mass is 16.1. The van der Waals surface area contributed by atoms with E-state index in [9.17, 15) is 4.79 Å². The number of hydrogen-bond acceptors (Lipinski definition) is 3. The van der Waals surface area contributed by atoms with Gasteiger partial charge in [0.15, 0.2) is 0 Å². The molecule has 4 saturated carbocycles. The molecule has 0 atom stereocenters. The van der Waals surface area contributed by atoms with Crippen LogP contribution in [0.25, 0.3) is 0 Å². The van der Waals surface area contributed by atoms with E-state index in [1.807, 2.05) is 12.1 Å². The Morgan fingerprint density at radius 3 is 2.20 bits per heavy atom. The Balaban J connectivity index is 1.28. The van der Waals surface area contributed by atoms with Crippen LogP contribution in [0.3, 0.4) is 0 Å². The van der Waals surface area contributed by atoms with Crippen LogP contribution in [-0.4, -0.2) is 29.5 Å². The van der Waals surface area contributed by atoms with Gasteiger partial charge < -0.3 is 10.2 Å². The number of rotatable bonds is 3. The fourth-order valence-corrected chi connectivity index (χ4v) is 6.41. The molecule has 25 heavy (non-hydrogen) atoms. The van der Waals surface area contributed by atoms with Crippen LogP contribution in [0.5, 0.6) is 0 Å². The van der Waals surface area contributed by atoms with Crippen molar-refractivity contribution in [3.05, 3.63) is 23.9 Å². The van der Waals surface area contributed by atoms with Crippen molar-refractivity contribution >= 4 is 11.7 Å². The third-order valence-electron chi connectivity index (χ3n) is 7.11. The number of carbonyl (C=O) groups is 1. The second-order valence-electron chi connectivity index (χ2n) is 9.10. The minimum atomic E-state index is 0.0807. The van der Waals surface area contributed by atoms with Gasteiger partial charge in [-0.05, 0) is 87.7 Å². The molecule has 0 unspecified atom stereocenters. The molecule has 1 saturated heterocycles. The molecule has 1 aliphatic heterocycles. The van der Waals surface area contributed by atoms with Gasteiger partial charge in [0.2, 0.25) is 0 Å². The van der Waals surface area contributed by atoms with E-state index in [0.717, 1.165) is 42.2 Å². The van der Waals surface area contributed by atoms with Crippen molar-refractivity contribution in [1.82, 2.24) is 10.3 Å². The van der Waals surface area contributed by atoms with Crippen LogP contribution >= 0.6 is 0 Å². The van der Waals surface area contributed by atoms with Crippen molar-refractivity contribution in [3.8, 4) is 0 Å². The summed E-state index contributed by atoms with van der Waals surface area (Å²) in [5, 5.41) is 3.45. The number of hydrogen-bond donors (Lipinski definition) is 1. The zero-order chi connectivity index (χ0) is 16.9. The van der Waals surface area contributed by atoms with Crippen LogP contribution in [-0.2, 0) is 0 Å².